The molecule has 9 heteroatoms. The first kappa shape index (κ1) is 19.9. The van der Waals surface area contributed by atoms with Crippen LogP contribution in [0.3, 0.4) is 0 Å². The van der Waals surface area contributed by atoms with E-state index < -0.39 is 21.8 Å². The number of hydrogen-bond acceptors (Lipinski definition) is 4. The van der Waals surface area contributed by atoms with Crippen molar-refractivity contribution in [3.05, 3.63) is 59.1 Å². The van der Waals surface area contributed by atoms with Crippen LogP contribution in [-0.4, -0.2) is 38.6 Å². The molecule has 0 saturated carbocycles. The Bertz CT molecular complexity index is 895. The van der Waals surface area contributed by atoms with Gasteiger partial charge in [0.25, 0.3) is 0 Å². The highest BCUT2D eigenvalue weighted by molar-refractivity contribution is 7.89. The first-order valence-corrected chi connectivity index (χ1v) is 9.38. The number of anilines is 1. The fourth-order valence-electron chi connectivity index (χ4n) is 1.97. The van der Waals surface area contributed by atoms with Crippen LogP contribution in [0.1, 0.15) is 5.56 Å². The molecule has 0 heterocycles. The topological polar surface area (TPSA) is 95.6 Å². The lowest BCUT2D eigenvalue weighted by Crippen LogP contribution is -2.34. The number of rotatable bonds is 5. The van der Waals surface area contributed by atoms with E-state index in [2.05, 4.69) is 10.6 Å². The Morgan fingerprint density at radius 2 is 1.54 bits per heavy atom. The Balaban J connectivity index is 1.92. The molecule has 2 N–H and O–H groups in total. The Labute approximate surface area is 157 Å². The van der Waals surface area contributed by atoms with Crippen LogP contribution in [0.25, 0.3) is 0 Å². The van der Waals surface area contributed by atoms with E-state index in [-0.39, 0.29) is 11.4 Å². The van der Waals surface area contributed by atoms with Gasteiger partial charge in [0.05, 0.1) is 4.90 Å². The Hall–Kier alpha value is -2.42. The number of carbonyl (C=O) groups is 2. The van der Waals surface area contributed by atoms with Gasteiger partial charge in [-0.05, 0) is 42.0 Å². The zero-order valence-corrected chi connectivity index (χ0v) is 15.8. The van der Waals surface area contributed by atoms with Crippen LogP contribution in [0, 0.1) is 0 Å². The minimum atomic E-state index is -3.50. The third-order valence-electron chi connectivity index (χ3n) is 3.46. The quantitative estimate of drug-likeness (QED) is 0.755. The van der Waals surface area contributed by atoms with Crippen molar-refractivity contribution in [2.24, 2.45) is 0 Å². The number of amides is 2. The average Bonchev–Trinajstić information content (AvgIpc) is 2.61. The van der Waals surface area contributed by atoms with Gasteiger partial charge in [0.15, 0.2) is 0 Å². The molecule has 0 spiro atoms. The summed E-state index contributed by atoms with van der Waals surface area (Å²) in [4.78, 5) is 23.8. The molecular weight excluding hydrogens is 378 g/mol. The van der Waals surface area contributed by atoms with Crippen molar-refractivity contribution in [2.45, 2.75) is 11.4 Å². The number of halogens is 1. The molecule has 0 aromatic heterocycles. The minimum Gasteiger partial charge on any atom is -0.344 e. The highest BCUT2D eigenvalue weighted by atomic mass is 35.5. The van der Waals surface area contributed by atoms with Gasteiger partial charge in [-0.2, -0.15) is 0 Å². The molecule has 0 aliphatic carbocycles. The standard InChI is InChI=1S/C17H18ClN3O4S/c1-21(2)26(24,25)15-9-3-12(4-10-15)11-19-16(22)17(23)20-14-7-5-13(18)6-8-14/h3-10H,11H2,1-2H3,(H,19,22)(H,20,23). The van der Waals surface area contributed by atoms with E-state index in [0.29, 0.717) is 16.3 Å². The number of nitrogens with zero attached hydrogens (tertiary/aromatic N) is 1. The van der Waals surface area contributed by atoms with Crippen LogP contribution in [0.15, 0.2) is 53.4 Å². The lowest BCUT2D eigenvalue weighted by molar-refractivity contribution is -0.136. The zero-order valence-electron chi connectivity index (χ0n) is 14.2. The van der Waals surface area contributed by atoms with Crippen molar-refractivity contribution in [3.8, 4) is 0 Å². The molecule has 2 amide bonds. The third kappa shape index (κ3) is 5.04. The second-order valence-corrected chi connectivity index (χ2v) is 8.16. The van der Waals surface area contributed by atoms with Crippen molar-refractivity contribution in [3.63, 3.8) is 0 Å². The van der Waals surface area contributed by atoms with Crippen LogP contribution in [0.2, 0.25) is 5.02 Å². The maximum Gasteiger partial charge on any atom is 0.313 e. The molecule has 0 radical (unpaired) electrons. The van der Waals surface area contributed by atoms with Gasteiger partial charge in [-0.3, -0.25) is 9.59 Å². The van der Waals surface area contributed by atoms with Crippen molar-refractivity contribution >= 4 is 39.1 Å². The summed E-state index contributed by atoms with van der Waals surface area (Å²) in [5.41, 5.74) is 1.11. The van der Waals surface area contributed by atoms with E-state index >= 15 is 0 Å². The molecule has 2 aromatic carbocycles. The highest BCUT2D eigenvalue weighted by Crippen LogP contribution is 2.14. The zero-order chi connectivity index (χ0) is 19.3. The first-order chi connectivity index (χ1) is 12.2. The van der Waals surface area contributed by atoms with Crippen LogP contribution < -0.4 is 10.6 Å². The van der Waals surface area contributed by atoms with Crippen LogP contribution >= 0.6 is 11.6 Å². The molecule has 0 aliphatic heterocycles. The molecule has 0 bridgehead atoms. The summed E-state index contributed by atoms with van der Waals surface area (Å²) in [7, 11) is -0.609. The fraction of sp³-hybridized carbons (Fsp3) is 0.176. The Morgan fingerprint density at radius 3 is 2.08 bits per heavy atom. The lowest BCUT2D eigenvalue weighted by atomic mass is 10.2. The molecule has 0 unspecified atom stereocenters. The summed E-state index contributed by atoms with van der Waals surface area (Å²) in [5, 5.41) is 5.45. The number of nitrogens with one attached hydrogen (secondary N) is 2. The van der Waals surface area contributed by atoms with Crippen molar-refractivity contribution < 1.29 is 18.0 Å². The van der Waals surface area contributed by atoms with Gasteiger partial charge in [0.1, 0.15) is 0 Å². The van der Waals surface area contributed by atoms with E-state index in [1.807, 2.05) is 0 Å². The second-order valence-electron chi connectivity index (χ2n) is 5.58. The normalized spacial score (nSPS) is 11.2. The fourth-order valence-corrected chi connectivity index (χ4v) is 3.00. The third-order valence-corrected chi connectivity index (χ3v) is 5.54. The van der Waals surface area contributed by atoms with E-state index in [1.165, 1.54) is 26.2 Å². The smallest absolute Gasteiger partial charge is 0.313 e. The summed E-state index contributed by atoms with van der Waals surface area (Å²) in [6, 6.07) is 12.4. The van der Waals surface area contributed by atoms with E-state index in [4.69, 9.17) is 11.6 Å². The van der Waals surface area contributed by atoms with E-state index in [0.717, 1.165) is 4.31 Å². The number of sulfonamides is 1. The van der Waals surface area contributed by atoms with Gasteiger partial charge in [0.2, 0.25) is 10.0 Å². The number of benzene rings is 2. The number of hydrogen-bond donors (Lipinski definition) is 2. The van der Waals surface area contributed by atoms with Crippen LogP contribution in [0.5, 0.6) is 0 Å². The summed E-state index contributed by atoms with van der Waals surface area (Å²) in [6.45, 7) is 0.0924. The first-order valence-electron chi connectivity index (χ1n) is 7.56. The molecule has 0 aliphatic rings. The summed E-state index contributed by atoms with van der Waals surface area (Å²) >= 11 is 5.75. The molecule has 7 nitrogen and oxygen atoms in total. The molecule has 2 rings (SSSR count). The van der Waals surface area contributed by atoms with Gasteiger partial charge in [0, 0.05) is 31.4 Å². The maximum atomic E-state index is 12.0. The largest absolute Gasteiger partial charge is 0.344 e. The predicted molar refractivity (Wildman–Crippen MR) is 99.2 cm³/mol. The Morgan fingerprint density at radius 1 is 0.962 bits per heavy atom. The molecular formula is C17H18ClN3O4S. The van der Waals surface area contributed by atoms with Gasteiger partial charge in [-0.1, -0.05) is 23.7 Å². The Kier molecular flexibility index (Phi) is 6.36. The molecule has 138 valence electrons. The maximum absolute atomic E-state index is 12.0. The SMILES string of the molecule is CN(C)S(=O)(=O)c1ccc(CNC(=O)C(=O)Nc2ccc(Cl)cc2)cc1. The monoisotopic (exact) mass is 395 g/mol. The molecule has 2 aromatic rings. The molecule has 26 heavy (non-hydrogen) atoms. The summed E-state index contributed by atoms with van der Waals surface area (Å²) in [6.07, 6.45) is 0. The lowest BCUT2D eigenvalue weighted by Gasteiger charge is -2.12. The van der Waals surface area contributed by atoms with Crippen molar-refractivity contribution in [1.29, 1.82) is 0 Å². The van der Waals surface area contributed by atoms with Gasteiger partial charge >= 0.3 is 11.8 Å². The van der Waals surface area contributed by atoms with Gasteiger partial charge in [-0.15, -0.1) is 0 Å². The average molecular weight is 396 g/mol. The van der Waals surface area contributed by atoms with E-state index in [9.17, 15) is 18.0 Å². The van der Waals surface area contributed by atoms with E-state index in [1.54, 1.807) is 36.4 Å². The molecule has 0 saturated heterocycles. The van der Waals surface area contributed by atoms with Crippen LogP contribution in [-0.2, 0) is 26.2 Å². The minimum absolute atomic E-state index is 0.0924. The predicted octanol–water partition coefficient (Wildman–Crippen LogP) is 1.85. The number of carbonyl (C=O) groups excluding carboxylic acids is 2. The van der Waals surface area contributed by atoms with Crippen LogP contribution in [0.4, 0.5) is 5.69 Å². The molecule has 0 atom stereocenters. The highest BCUT2D eigenvalue weighted by Gasteiger charge is 2.17. The molecule has 0 fully saturated rings. The van der Waals surface area contributed by atoms with Crippen molar-refractivity contribution in [1.82, 2.24) is 9.62 Å². The summed E-state index contributed by atoms with van der Waals surface area (Å²) < 4.78 is 25.1. The second kappa shape index (κ2) is 8.31. The van der Waals surface area contributed by atoms with Gasteiger partial charge < -0.3 is 10.6 Å². The van der Waals surface area contributed by atoms with Gasteiger partial charge in [-0.25, -0.2) is 12.7 Å². The summed E-state index contributed by atoms with van der Waals surface area (Å²) in [5.74, 6) is -1.61. The van der Waals surface area contributed by atoms with Crippen molar-refractivity contribution in [2.75, 3.05) is 19.4 Å².